The molecule has 1 N–H and O–H groups in total. The second-order valence-electron chi connectivity index (χ2n) is 3.08. The zero-order chi connectivity index (χ0) is 10.4. The van der Waals surface area contributed by atoms with Crippen molar-refractivity contribution in [3.63, 3.8) is 0 Å². The van der Waals surface area contributed by atoms with Gasteiger partial charge in [0.1, 0.15) is 5.75 Å². The highest BCUT2D eigenvalue weighted by Gasteiger charge is 2.03. The summed E-state index contributed by atoms with van der Waals surface area (Å²) >= 11 is 0. The molecule has 0 fully saturated rings. The summed E-state index contributed by atoms with van der Waals surface area (Å²) in [5.74, 6) is 0.535. The molecule has 14 heavy (non-hydrogen) atoms. The summed E-state index contributed by atoms with van der Waals surface area (Å²) in [7, 11) is -2.88. The molecule has 0 heterocycles. The molecule has 0 saturated heterocycles. The number of unbranched alkanes of at least 4 members (excludes halogenated alkanes) is 1. The van der Waals surface area contributed by atoms with E-state index in [4.69, 9.17) is 9.42 Å². The zero-order valence-corrected chi connectivity index (χ0v) is 9.19. The lowest BCUT2D eigenvalue weighted by molar-refractivity contribution is 0.408. The van der Waals surface area contributed by atoms with Gasteiger partial charge in [-0.1, -0.05) is 31.5 Å². The molecule has 1 rings (SSSR count). The monoisotopic (exact) mass is 214 g/mol. The Morgan fingerprint density at radius 1 is 1.43 bits per heavy atom. The first-order chi connectivity index (χ1) is 6.74. The molecule has 0 aliphatic carbocycles. The van der Waals surface area contributed by atoms with Gasteiger partial charge in [0.15, 0.2) is 0 Å². The van der Waals surface area contributed by atoms with E-state index >= 15 is 0 Å². The molecule has 3 nitrogen and oxygen atoms in total. The molecule has 1 unspecified atom stereocenters. The van der Waals surface area contributed by atoms with E-state index in [1.165, 1.54) is 0 Å². The summed E-state index contributed by atoms with van der Waals surface area (Å²) in [6, 6.07) is 7.36. The number of hydrogen-bond donors (Lipinski definition) is 1. The van der Waals surface area contributed by atoms with E-state index < -0.39 is 8.25 Å². The predicted octanol–water partition coefficient (Wildman–Crippen LogP) is 2.79. The lowest BCUT2D eigenvalue weighted by Crippen LogP contribution is -1.90. The second-order valence-corrected chi connectivity index (χ2v) is 3.82. The summed E-state index contributed by atoms with van der Waals surface area (Å²) in [5, 5.41) is 0. The Hall–Kier alpha value is -0.790. The fraction of sp³-hybridized carbons (Fsp3) is 0.400. The normalized spacial score (nSPS) is 12.4. The first-order valence-electron chi connectivity index (χ1n) is 4.72. The first kappa shape index (κ1) is 11.3. The topological polar surface area (TPSA) is 46.5 Å². The van der Waals surface area contributed by atoms with Crippen LogP contribution in [-0.2, 0) is 11.0 Å². The minimum absolute atomic E-state index is 0.535. The van der Waals surface area contributed by atoms with Gasteiger partial charge in [0.05, 0.1) is 0 Å². The van der Waals surface area contributed by atoms with E-state index in [0.717, 1.165) is 24.8 Å². The molecule has 1 aromatic carbocycles. The van der Waals surface area contributed by atoms with Gasteiger partial charge in [-0.15, -0.1) is 0 Å². The quantitative estimate of drug-likeness (QED) is 0.766. The Kier molecular flexibility index (Phi) is 4.71. The van der Waals surface area contributed by atoms with Crippen LogP contribution in [0.1, 0.15) is 25.3 Å². The van der Waals surface area contributed by atoms with Crippen molar-refractivity contribution in [3.8, 4) is 5.75 Å². The van der Waals surface area contributed by atoms with Crippen LogP contribution in [0.15, 0.2) is 24.3 Å². The number of hydrogen-bond acceptors (Lipinski definition) is 2. The van der Waals surface area contributed by atoms with Crippen LogP contribution in [0.3, 0.4) is 0 Å². The van der Waals surface area contributed by atoms with Crippen molar-refractivity contribution in [1.29, 1.82) is 0 Å². The number of para-hydroxylation sites is 1. The maximum absolute atomic E-state index is 10.6. The molecule has 0 bridgehead atoms. The lowest BCUT2D eigenvalue weighted by atomic mass is 10.1. The average molecular weight is 214 g/mol. The minimum atomic E-state index is -2.88. The van der Waals surface area contributed by atoms with Crippen LogP contribution in [0.2, 0.25) is 0 Å². The molecule has 1 aromatic rings. The molecule has 0 spiro atoms. The SMILES string of the molecule is CCCCc1ccccc1O[PH](=O)O. The van der Waals surface area contributed by atoms with Crippen molar-refractivity contribution in [2.45, 2.75) is 26.2 Å². The Morgan fingerprint density at radius 2 is 2.14 bits per heavy atom. The molecule has 4 heteroatoms. The smallest absolute Gasteiger partial charge is 0.365 e. The van der Waals surface area contributed by atoms with Gasteiger partial charge in [0.2, 0.25) is 0 Å². The van der Waals surface area contributed by atoms with E-state index in [0.29, 0.717) is 5.75 Å². The second kappa shape index (κ2) is 5.84. The molecule has 0 aliphatic rings. The Bertz CT molecular complexity index is 312. The van der Waals surface area contributed by atoms with Crippen LogP contribution in [0, 0.1) is 0 Å². The summed E-state index contributed by atoms with van der Waals surface area (Å²) in [6.45, 7) is 2.11. The highest BCUT2D eigenvalue weighted by Crippen LogP contribution is 2.27. The Morgan fingerprint density at radius 3 is 2.79 bits per heavy atom. The van der Waals surface area contributed by atoms with Crippen LogP contribution in [0.5, 0.6) is 5.75 Å². The van der Waals surface area contributed by atoms with Crippen molar-refractivity contribution in [2.75, 3.05) is 0 Å². The highest BCUT2D eigenvalue weighted by atomic mass is 31.1. The zero-order valence-electron chi connectivity index (χ0n) is 8.19. The van der Waals surface area contributed by atoms with E-state index in [2.05, 4.69) is 6.92 Å². The fourth-order valence-corrected chi connectivity index (χ4v) is 1.66. The van der Waals surface area contributed by atoms with Crippen molar-refractivity contribution in [1.82, 2.24) is 0 Å². The largest absolute Gasteiger partial charge is 0.426 e. The molecule has 0 amide bonds. The lowest BCUT2D eigenvalue weighted by Gasteiger charge is -2.07. The maximum atomic E-state index is 10.6. The minimum Gasteiger partial charge on any atom is -0.426 e. The van der Waals surface area contributed by atoms with Gasteiger partial charge in [-0.25, -0.2) is 4.57 Å². The molecule has 1 atom stereocenters. The van der Waals surface area contributed by atoms with Gasteiger partial charge in [-0.05, 0) is 24.5 Å². The Labute approximate surface area is 84.7 Å². The third kappa shape index (κ3) is 3.52. The van der Waals surface area contributed by atoms with E-state index in [1.54, 1.807) is 12.1 Å². The molecule has 0 radical (unpaired) electrons. The number of rotatable bonds is 5. The van der Waals surface area contributed by atoms with E-state index in [9.17, 15) is 4.57 Å². The molecule has 0 saturated carbocycles. The van der Waals surface area contributed by atoms with Crippen molar-refractivity contribution < 1.29 is 14.0 Å². The van der Waals surface area contributed by atoms with Crippen molar-refractivity contribution >= 4 is 8.25 Å². The molecule has 0 aromatic heterocycles. The van der Waals surface area contributed by atoms with Gasteiger partial charge >= 0.3 is 8.25 Å². The van der Waals surface area contributed by atoms with Crippen LogP contribution < -0.4 is 4.52 Å². The van der Waals surface area contributed by atoms with Gasteiger partial charge < -0.3 is 9.42 Å². The molecular weight excluding hydrogens is 199 g/mol. The summed E-state index contributed by atoms with van der Waals surface area (Å²) in [6.07, 6.45) is 3.05. The standard InChI is InChI=1S/C10H15O3P/c1-2-3-6-9-7-4-5-8-10(9)13-14(11)12/h4-5,7-8,14H,2-3,6H2,1H3,(H,11,12). The fourth-order valence-electron chi connectivity index (χ4n) is 1.27. The predicted molar refractivity (Wildman–Crippen MR) is 56.9 cm³/mol. The van der Waals surface area contributed by atoms with Crippen molar-refractivity contribution in [2.24, 2.45) is 0 Å². The van der Waals surface area contributed by atoms with E-state index in [1.807, 2.05) is 12.1 Å². The summed E-state index contributed by atoms with van der Waals surface area (Å²) in [4.78, 5) is 8.68. The van der Waals surface area contributed by atoms with Crippen molar-refractivity contribution in [3.05, 3.63) is 29.8 Å². The van der Waals surface area contributed by atoms with Crippen LogP contribution in [0.25, 0.3) is 0 Å². The number of benzene rings is 1. The van der Waals surface area contributed by atoms with Gasteiger partial charge in [-0.2, -0.15) is 0 Å². The van der Waals surface area contributed by atoms with Crippen LogP contribution in [-0.4, -0.2) is 4.89 Å². The van der Waals surface area contributed by atoms with Gasteiger partial charge in [-0.3, -0.25) is 0 Å². The summed E-state index contributed by atoms with van der Waals surface area (Å²) in [5.41, 5.74) is 1.00. The van der Waals surface area contributed by atoms with Crippen LogP contribution >= 0.6 is 8.25 Å². The number of aryl methyl sites for hydroxylation is 1. The van der Waals surface area contributed by atoms with Gasteiger partial charge in [0.25, 0.3) is 0 Å². The third-order valence-corrected chi connectivity index (χ3v) is 2.36. The molecule has 0 aliphatic heterocycles. The molecule has 78 valence electrons. The maximum Gasteiger partial charge on any atom is 0.365 e. The highest BCUT2D eigenvalue weighted by molar-refractivity contribution is 7.32. The van der Waals surface area contributed by atoms with Gasteiger partial charge in [0, 0.05) is 0 Å². The first-order valence-corrected chi connectivity index (χ1v) is 5.99. The molecular formula is C10H15O3P. The Balaban J connectivity index is 2.74. The van der Waals surface area contributed by atoms with Crippen LogP contribution in [0.4, 0.5) is 0 Å². The summed E-state index contributed by atoms with van der Waals surface area (Å²) < 4.78 is 15.4. The average Bonchev–Trinajstić information content (AvgIpc) is 2.16. The van der Waals surface area contributed by atoms with E-state index in [-0.39, 0.29) is 0 Å². The third-order valence-electron chi connectivity index (χ3n) is 1.97.